The van der Waals surface area contributed by atoms with E-state index in [1.165, 1.54) is 0 Å². The number of thiophene rings is 1. The highest BCUT2D eigenvalue weighted by atomic mass is 32.1. The van der Waals surface area contributed by atoms with Crippen LogP contribution in [0.15, 0.2) is 28.6 Å². The fourth-order valence-corrected chi connectivity index (χ4v) is 4.19. The lowest BCUT2D eigenvalue weighted by Crippen LogP contribution is -2.47. The van der Waals surface area contributed by atoms with Gasteiger partial charge in [0.2, 0.25) is 5.95 Å². The van der Waals surface area contributed by atoms with Crippen molar-refractivity contribution < 1.29 is 0 Å². The number of piperazine rings is 1. The Morgan fingerprint density at radius 1 is 1.12 bits per heavy atom. The van der Waals surface area contributed by atoms with Crippen LogP contribution in [0.4, 0.5) is 11.8 Å². The Morgan fingerprint density at radius 2 is 1.92 bits per heavy atom. The van der Waals surface area contributed by atoms with Gasteiger partial charge in [0.1, 0.15) is 12.1 Å². The van der Waals surface area contributed by atoms with Crippen molar-refractivity contribution in [2.45, 2.75) is 18.8 Å². The maximum Gasteiger partial charge on any atom is 0.252 e. The Balaban J connectivity index is 1.36. The quantitative estimate of drug-likeness (QED) is 0.775. The molecule has 0 spiro atoms. The van der Waals surface area contributed by atoms with Crippen molar-refractivity contribution in [1.82, 2.24) is 19.9 Å². The first-order chi connectivity index (χ1) is 12.3. The number of nitrogens with one attached hydrogen (secondary N) is 1. The molecule has 0 radical (unpaired) electrons. The summed E-state index contributed by atoms with van der Waals surface area (Å²) in [5.41, 5.74) is 1.89. The first-order valence-electron chi connectivity index (χ1n) is 8.57. The molecule has 0 atom stereocenters. The molecule has 128 valence electrons. The van der Waals surface area contributed by atoms with Gasteiger partial charge in [-0.05, 0) is 24.3 Å². The zero-order valence-electron chi connectivity index (χ0n) is 13.7. The highest BCUT2D eigenvalue weighted by Gasteiger charge is 2.27. The van der Waals surface area contributed by atoms with Gasteiger partial charge in [0.15, 0.2) is 0 Å². The molecule has 0 amide bonds. The SMILES string of the molecule is O=c1cc(C2CC2)nc(N2CCN(c3ncnc4ccsc34)CC2)[nH]1. The molecule has 1 saturated carbocycles. The lowest BCUT2D eigenvalue weighted by atomic mass is 10.3. The maximum atomic E-state index is 11.9. The van der Waals surface area contributed by atoms with Crippen molar-refractivity contribution in [3.05, 3.63) is 39.9 Å². The molecule has 2 aliphatic rings. The Bertz CT molecular complexity index is 970. The summed E-state index contributed by atoms with van der Waals surface area (Å²) in [6, 6.07) is 3.67. The summed E-state index contributed by atoms with van der Waals surface area (Å²) in [6.45, 7) is 3.32. The predicted octanol–water partition coefficient (Wildman–Crippen LogP) is 1.98. The molecule has 3 aromatic heterocycles. The second kappa shape index (κ2) is 5.80. The van der Waals surface area contributed by atoms with Crippen molar-refractivity contribution >= 4 is 33.3 Å². The van der Waals surface area contributed by atoms with Crippen molar-refractivity contribution in [1.29, 1.82) is 0 Å². The molecule has 1 aliphatic heterocycles. The van der Waals surface area contributed by atoms with Gasteiger partial charge in [-0.2, -0.15) is 0 Å². The number of rotatable bonds is 3. The summed E-state index contributed by atoms with van der Waals surface area (Å²) >= 11 is 1.68. The summed E-state index contributed by atoms with van der Waals surface area (Å²) in [6.07, 6.45) is 3.93. The fraction of sp³-hybridized carbons (Fsp3) is 0.412. The van der Waals surface area contributed by atoms with Gasteiger partial charge in [0.05, 0.1) is 15.9 Å². The number of hydrogen-bond acceptors (Lipinski definition) is 7. The van der Waals surface area contributed by atoms with Crippen molar-refractivity contribution in [2.75, 3.05) is 36.0 Å². The average molecular weight is 354 g/mol. The molecule has 7 nitrogen and oxygen atoms in total. The van der Waals surface area contributed by atoms with E-state index >= 15 is 0 Å². The predicted molar refractivity (Wildman–Crippen MR) is 98.7 cm³/mol. The van der Waals surface area contributed by atoms with Gasteiger partial charge in [-0.15, -0.1) is 11.3 Å². The zero-order chi connectivity index (χ0) is 16.8. The lowest BCUT2D eigenvalue weighted by molar-refractivity contribution is 0.633. The Kier molecular flexibility index (Phi) is 3.44. The van der Waals surface area contributed by atoms with Gasteiger partial charge in [0.25, 0.3) is 5.56 Å². The first kappa shape index (κ1) is 14.8. The monoisotopic (exact) mass is 354 g/mol. The van der Waals surface area contributed by atoms with E-state index in [4.69, 9.17) is 0 Å². The zero-order valence-corrected chi connectivity index (χ0v) is 14.5. The summed E-state index contributed by atoms with van der Waals surface area (Å²) in [5.74, 6) is 2.20. The highest BCUT2D eigenvalue weighted by molar-refractivity contribution is 7.17. The Hall–Kier alpha value is -2.48. The van der Waals surface area contributed by atoms with Crippen molar-refractivity contribution in [2.24, 2.45) is 0 Å². The topological polar surface area (TPSA) is 78.0 Å². The van der Waals surface area contributed by atoms with Crippen LogP contribution in [0.25, 0.3) is 10.2 Å². The maximum absolute atomic E-state index is 11.9. The number of nitrogens with zero attached hydrogens (tertiary/aromatic N) is 5. The van der Waals surface area contributed by atoms with E-state index in [0.717, 1.165) is 60.7 Å². The van der Waals surface area contributed by atoms with Crippen LogP contribution in [0.2, 0.25) is 0 Å². The van der Waals surface area contributed by atoms with Crippen LogP contribution in [0.1, 0.15) is 24.5 Å². The van der Waals surface area contributed by atoms with Crippen molar-refractivity contribution in [3.8, 4) is 0 Å². The minimum Gasteiger partial charge on any atom is -0.352 e. The summed E-state index contributed by atoms with van der Waals surface area (Å²) < 4.78 is 1.14. The molecule has 25 heavy (non-hydrogen) atoms. The number of aromatic nitrogens is 4. The second-order valence-corrected chi connectivity index (χ2v) is 7.49. The molecule has 0 bridgehead atoms. The summed E-state index contributed by atoms with van der Waals surface area (Å²) in [7, 11) is 0. The molecule has 0 unspecified atom stereocenters. The molecule has 0 aromatic carbocycles. The largest absolute Gasteiger partial charge is 0.352 e. The van der Waals surface area contributed by atoms with Crippen LogP contribution in [0.3, 0.4) is 0 Å². The van der Waals surface area contributed by atoms with Crippen LogP contribution in [0.5, 0.6) is 0 Å². The molecule has 4 heterocycles. The van der Waals surface area contributed by atoms with Gasteiger partial charge in [-0.1, -0.05) is 0 Å². The molecule has 2 fully saturated rings. The first-order valence-corrected chi connectivity index (χ1v) is 9.45. The van der Waals surface area contributed by atoms with E-state index in [1.807, 2.05) is 6.07 Å². The minimum absolute atomic E-state index is 0.0505. The van der Waals surface area contributed by atoms with E-state index in [1.54, 1.807) is 23.7 Å². The van der Waals surface area contributed by atoms with Gasteiger partial charge in [-0.3, -0.25) is 9.78 Å². The van der Waals surface area contributed by atoms with E-state index in [9.17, 15) is 4.79 Å². The molecule has 5 rings (SSSR count). The normalized spacial score (nSPS) is 18.1. The lowest BCUT2D eigenvalue weighted by Gasteiger charge is -2.35. The number of hydrogen-bond donors (Lipinski definition) is 1. The Labute approximate surface area is 148 Å². The number of anilines is 2. The summed E-state index contributed by atoms with van der Waals surface area (Å²) in [5, 5.41) is 2.05. The van der Waals surface area contributed by atoms with Crippen molar-refractivity contribution in [3.63, 3.8) is 0 Å². The molecular formula is C17H18N6OS. The van der Waals surface area contributed by atoms with Crippen LogP contribution < -0.4 is 15.4 Å². The van der Waals surface area contributed by atoms with Crippen LogP contribution >= 0.6 is 11.3 Å². The fourth-order valence-electron chi connectivity index (χ4n) is 3.33. The minimum atomic E-state index is -0.0505. The third kappa shape index (κ3) is 2.76. The molecule has 1 aliphatic carbocycles. The van der Waals surface area contributed by atoms with E-state index in [0.29, 0.717) is 11.9 Å². The van der Waals surface area contributed by atoms with Gasteiger partial charge >= 0.3 is 0 Å². The average Bonchev–Trinajstić information content (AvgIpc) is 3.38. The number of H-pyrrole nitrogens is 1. The standard InChI is InChI=1S/C17H18N6OS/c24-14-9-13(11-1-2-11)20-17(21-14)23-6-4-22(5-7-23)16-15-12(3-8-25-15)18-10-19-16/h3,8-11H,1-2,4-7H2,(H,20,21,24). The second-order valence-electron chi connectivity index (χ2n) is 6.57. The number of fused-ring (bicyclic) bond motifs is 1. The molecule has 8 heteroatoms. The Morgan fingerprint density at radius 3 is 2.72 bits per heavy atom. The van der Waals surface area contributed by atoms with E-state index < -0.39 is 0 Å². The van der Waals surface area contributed by atoms with E-state index in [-0.39, 0.29) is 5.56 Å². The van der Waals surface area contributed by atoms with Crippen LogP contribution in [0, 0.1) is 0 Å². The smallest absolute Gasteiger partial charge is 0.252 e. The molecule has 3 aromatic rings. The third-order valence-corrected chi connectivity index (χ3v) is 5.75. The van der Waals surface area contributed by atoms with Crippen LogP contribution in [-0.2, 0) is 0 Å². The van der Waals surface area contributed by atoms with E-state index in [2.05, 4.69) is 35.1 Å². The van der Waals surface area contributed by atoms with Gasteiger partial charge in [0, 0.05) is 38.2 Å². The van der Waals surface area contributed by atoms with Crippen LogP contribution in [-0.4, -0.2) is 46.1 Å². The number of aromatic amines is 1. The molecule has 1 N–H and O–H groups in total. The summed E-state index contributed by atoms with van der Waals surface area (Å²) in [4.78, 5) is 32.8. The highest BCUT2D eigenvalue weighted by Crippen LogP contribution is 2.38. The molecule has 1 saturated heterocycles. The third-order valence-electron chi connectivity index (χ3n) is 4.85. The molecular weight excluding hydrogens is 336 g/mol. The van der Waals surface area contributed by atoms with Gasteiger partial charge < -0.3 is 9.80 Å². The van der Waals surface area contributed by atoms with Gasteiger partial charge in [-0.25, -0.2) is 15.0 Å².